The number of aromatic amines is 1. The van der Waals surface area contributed by atoms with Gasteiger partial charge in [-0.15, -0.1) is 0 Å². The largest absolute Gasteiger partial charge is 0.377 e. The zero-order valence-electron chi connectivity index (χ0n) is 21.6. The number of ether oxygens (including phenoxy) is 1. The van der Waals surface area contributed by atoms with Crippen molar-refractivity contribution in [1.29, 1.82) is 5.41 Å². The van der Waals surface area contributed by atoms with Gasteiger partial charge in [-0.2, -0.15) is 5.10 Å². The molecule has 3 aromatic rings. The average Bonchev–Trinajstić information content (AvgIpc) is 3.59. The fourth-order valence-corrected chi connectivity index (χ4v) is 5.24. The number of amides is 2. The van der Waals surface area contributed by atoms with E-state index in [0.717, 1.165) is 66.2 Å². The number of hydrogen-bond donors (Lipinski definition) is 4. The van der Waals surface area contributed by atoms with E-state index >= 15 is 0 Å². The number of rotatable bonds is 6. The van der Waals surface area contributed by atoms with Crippen LogP contribution in [0.25, 0.3) is 11.1 Å². The zero-order valence-corrected chi connectivity index (χ0v) is 21.6. The maximum absolute atomic E-state index is 12.7. The molecule has 194 valence electrons. The molecule has 5 rings (SSSR count). The molecule has 4 N–H and O–H groups in total. The van der Waals surface area contributed by atoms with Gasteiger partial charge in [0, 0.05) is 43.2 Å². The number of hydrogen-bond acceptors (Lipinski definition) is 7. The summed E-state index contributed by atoms with van der Waals surface area (Å²) in [6.07, 6.45) is 5.12. The number of nitrogens with one attached hydrogen (secondary N) is 4. The van der Waals surface area contributed by atoms with E-state index in [4.69, 9.17) is 15.1 Å². The first-order valence-electron chi connectivity index (χ1n) is 12.8. The van der Waals surface area contributed by atoms with Crippen LogP contribution in [0.3, 0.4) is 0 Å². The third-order valence-corrected chi connectivity index (χ3v) is 7.05. The molecule has 4 heterocycles. The van der Waals surface area contributed by atoms with Crippen LogP contribution in [0, 0.1) is 19.3 Å². The van der Waals surface area contributed by atoms with Crippen LogP contribution in [-0.4, -0.2) is 71.2 Å². The quantitative estimate of drug-likeness (QED) is 0.363. The molecular formula is C27H34N8O2. The Morgan fingerprint density at radius 3 is 2.59 bits per heavy atom. The number of carbonyl (C=O) groups excluding carboxylic acids is 1. The number of benzene rings is 1. The lowest BCUT2D eigenvalue weighted by molar-refractivity contribution is 0.0985. The average molecular weight is 503 g/mol. The number of aromatic nitrogens is 3. The maximum Gasteiger partial charge on any atom is 0.321 e. The summed E-state index contributed by atoms with van der Waals surface area (Å²) in [6, 6.07) is 8.02. The summed E-state index contributed by atoms with van der Waals surface area (Å²) in [5.74, 6) is 2.10. The minimum Gasteiger partial charge on any atom is -0.377 e. The Labute approximate surface area is 216 Å². The van der Waals surface area contributed by atoms with Gasteiger partial charge >= 0.3 is 6.03 Å². The van der Waals surface area contributed by atoms with Crippen LogP contribution in [0.5, 0.6) is 0 Å². The normalized spacial score (nSPS) is 17.6. The lowest BCUT2D eigenvalue weighted by atomic mass is 9.92. The second-order valence-corrected chi connectivity index (χ2v) is 9.76. The smallest absolute Gasteiger partial charge is 0.321 e. The molecule has 37 heavy (non-hydrogen) atoms. The van der Waals surface area contributed by atoms with E-state index in [-0.39, 0.29) is 12.1 Å². The highest BCUT2D eigenvalue weighted by molar-refractivity contribution is 5.98. The van der Waals surface area contributed by atoms with E-state index in [9.17, 15) is 4.79 Å². The van der Waals surface area contributed by atoms with Gasteiger partial charge < -0.3 is 30.6 Å². The van der Waals surface area contributed by atoms with Crippen molar-refractivity contribution in [2.75, 3.05) is 48.4 Å². The SMILES string of the molecule is Cc1cc(NC(=O)N2CCCC2)cc(C)c1-c1cc(N2CCOC[C@H]2C)nc(Nc2ccn[nH]2)c1C=N. The van der Waals surface area contributed by atoms with Crippen molar-refractivity contribution in [2.45, 2.75) is 39.7 Å². The second kappa shape index (κ2) is 10.6. The molecule has 0 unspecified atom stereocenters. The molecular weight excluding hydrogens is 468 g/mol. The molecule has 2 fully saturated rings. The Morgan fingerprint density at radius 1 is 1.19 bits per heavy atom. The van der Waals surface area contributed by atoms with E-state index in [2.05, 4.69) is 38.7 Å². The van der Waals surface area contributed by atoms with E-state index in [1.165, 1.54) is 6.21 Å². The minimum absolute atomic E-state index is 0.0530. The summed E-state index contributed by atoms with van der Waals surface area (Å²) in [5.41, 5.74) is 5.42. The number of urea groups is 1. The molecule has 2 amide bonds. The highest BCUT2D eigenvalue weighted by Crippen LogP contribution is 2.37. The fraction of sp³-hybridized carbons (Fsp3) is 0.407. The van der Waals surface area contributed by atoms with Crippen LogP contribution >= 0.6 is 0 Å². The first-order valence-corrected chi connectivity index (χ1v) is 12.8. The topological polar surface area (TPSA) is 122 Å². The van der Waals surface area contributed by atoms with Crippen molar-refractivity contribution in [3.63, 3.8) is 0 Å². The highest BCUT2D eigenvalue weighted by Gasteiger charge is 2.25. The number of carbonyl (C=O) groups is 1. The van der Waals surface area contributed by atoms with Crippen molar-refractivity contribution >= 4 is 35.4 Å². The van der Waals surface area contributed by atoms with Crippen LogP contribution in [0.2, 0.25) is 0 Å². The molecule has 1 aromatic carbocycles. The molecule has 0 saturated carbocycles. The second-order valence-electron chi connectivity index (χ2n) is 9.76. The summed E-state index contributed by atoms with van der Waals surface area (Å²) in [5, 5.41) is 21.6. The Hall–Kier alpha value is -3.92. The molecule has 1 atom stereocenters. The number of likely N-dealkylation sites (tertiary alicyclic amines) is 1. The number of anilines is 4. The lowest BCUT2D eigenvalue weighted by Crippen LogP contribution is -2.44. The molecule has 2 aliphatic rings. The molecule has 0 radical (unpaired) electrons. The minimum atomic E-state index is -0.0530. The van der Waals surface area contributed by atoms with Gasteiger partial charge in [0.05, 0.1) is 25.5 Å². The van der Waals surface area contributed by atoms with Crippen molar-refractivity contribution in [3.05, 3.63) is 47.2 Å². The van der Waals surface area contributed by atoms with Crippen molar-refractivity contribution < 1.29 is 9.53 Å². The van der Waals surface area contributed by atoms with Gasteiger partial charge in [0.25, 0.3) is 0 Å². The van der Waals surface area contributed by atoms with Crippen molar-refractivity contribution in [1.82, 2.24) is 20.1 Å². The molecule has 10 heteroatoms. The van der Waals surface area contributed by atoms with Gasteiger partial charge in [0.1, 0.15) is 17.5 Å². The van der Waals surface area contributed by atoms with Crippen LogP contribution < -0.4 is 15.5 Å². The first-order chi connectivity index (χ1) is 17.9. The van der Waals surface area contributed by atoms with E-state index in [1.54, 1.807) is 6.20 Å². The molecule has 0 bridgehead atoms. The van der Waals surface area contributed by atoms with E-state index in [1.807, 2.05) is 36.9 Å². The third kappa shape index (κ3) is 5.15. The van der Waals surface area contributed by atoms with Crippen LogP contribution in [0.4, 0.5) is 27.9 Å². The molecule has 2 saturated heterocycles. The van der Waals surface area contributed by atoms with Crippen LogP contribution in [0.15, 0.2) is 30.5 Å². The Bertz CT molecular complexity index is 1260. The summed E-state index contributed by atoms with van der Waals surface area (Å²) >= 11 is 0. The number of H-pyrrole nitrogens is 1. The van der Waals surface area contributed by atoms with Gasteiger partial charge in [0.15, 0.2) is 0 Å². The van der Waals surface area contributed by atoms with E-state index < -0.39 is 0 Å². The molecule has 0 spiro atoms. The van der Waals surface area contributed by atoms with Gasteiger partial charge in [-0.3, -0.25) is 5.10 Å². The maximum atomic E-state index is 12.7. The summed E-state index contributed by atoms with van der Waals surface area (Å²) in [4.78, 5) is 21.7. The number of nitrogens with zero attached hydrogens (tertiary/aromatic N) is 4. The van der Waals surface area contributed by atoms with Gasteiger partial charge in [-0.25, -0.2) is 9.78 Å². The molecule has 10 nitrogen and oxygen atoms in total. The zero-order chi connectivity index (χ0) is 25.9. The summed E-state index contributed by atoms with van der Waals surface area (Å²) in [6.45, 7) is 9.83. The van der Waals surface area contributed by atoms with Crippen molar-refractivity contribution in [3.8, 4) is 11.1 Å². The molecule has 0 aliphatic carbocycles. The molecule has 2 aliphatic heterocycles. The Kier molecular flexibility index (Phi) is 7.09. The van der Waals surface area contributed by atoms with Crippen LogP contribution in [0.1, 0.15) is 36.5 Å². The summed E-state index contributed by atoms with van der Waals surface area (Å²) in [7, 11) is 0. The number of morpholine rings is 1. The standard InChI is InChI=1S/C27H34N8O2/c1-17-12-20(30-27(36)34-8-4-5-9-34)13-18(2)25(17)21-14-24(35-10-11-37-16-19(35)3)32-26(22(21)15-28)31-23-6-7-29-33-23/h6-7,12-15,19,28H,4-5,8-11,16H2,1-3H3,(H,30,36)(H2,29,31,32,33)/t19-/m1/s1. The molecule has 2 aromatic heterocycles. The Morgan fingerprint density at radius 2 is 1.95 bits per heavy atom. The monoisotopic (exact) mass is 502 g/mol. The number of aryl methyl sites for hydroxylation is 2. The van der Waals surface area contributed by atoms with Gasteiger partial charge in [-0.05, 0) is 74.1 Å². The van der Waals surface area contributed by atoms with Crippen molar-refractivity contribution in [2.24, 2.45) is 0 Å². The summed E-state index contributed by atoms with van der Waals surface area (Å²) < 4.78 is 5.66. The third-order valence-electron chi connectivity index (χ3n) is 7.05. The number of pyridine rings is 1. The Balaban J connectivity index is 1.57. The fourth-order valence-electron chi connectivity index (χ4n) is 5.24. The highest BCUT2D eigenvalue weighted by atomic mass is 16.5. The van der Waals surface area contributed by atoms with Crippen LogP contribution in [-0.2, 0) is 4.74 Å². The van der Waals surface area contributed by atoms with Gasteiger partial charge in [-0.1, -0.05) is 0 Å². The predicted octanol–water partition coefficient (Wildman–Crippen LogP) is 4.68. The van der Waals surface area contributed by atoms with Gasteiger partial charge in [0.2, 0.25) is 0 Å². The van der Waals surface area contributed by atoms with E-state index in [0.29, 0.717) is 30.4 Å². The lowest BCUT2D eigenvalue weighted by Gasteiger charge is -2.35. The predicted molar refractivity (Wildman–Crippen MR) is 146 cm³/mol. The first kappa shape index (κ1) is 24.8.